The molecule has 1 aliphatic carbocycles. The fourth-order valence-corrected chi connectivity index (χ4v) is 2.05. The SMILES string of the molecule is Cc1ccc(-c2nc(C3CC3)n(N)c2N)cc1F. The van der Waals surface area contributed by atoms with E-state index in [2.05, 4.69) is 4.98 Å². The summed E-state index contributed by atoms with van der Waals surface area (Å²) >= 11 is 0. The summed E-state index contributed by atoms with van der Waals surface area (Å²) in [7, 11) is 0. The van der Waals surface area contributed by atoms with Gasteiger partial charge in [-0.2, -0.15) is 0 Å². The Balaban J connectivity index is 2.10. The third-order valence-corrected chi connectivity index (χ3v) is 3.36. The molecule has 0 spiro atoms. The van der Waals surface area contributed by atoms with Crippen LogP contribution in [-0.2, 0) is 0 Å². The number of anilines is 1. The van der Waals surface area contributed by atoms with Gasteiger partial charge in [0.1, 0.15) is 17.3 Å². The first kappa shape index (κ1) is 11.1. The molecule has 1 aromatic heterocycles. The predicted octanol–water partition coefficient (Wildman–Crippen LogP) is 2.17. The third-order valence-electron chi connectivity index (χ3n) is 3.36. The van der Waals surface area contributed by atoms with Gasteiger partial charge in [0, 0.05) is 11.5 Å². The van der Waals surface area contributed by atoms with Gasteiger partial charge in [0.25, 0.3) is 0 Å². The fraction of sp³-hybridized carbons (Fsp3) is 0.308. The molecule has 0 radical (unpaired) electrons. The first-order valence-corrected chi connectivity index (χ1v) is 5.97. The molecule has 4 nitrogen and oxygen atoms in total. The lowest BCUT2D eigenvalue weighted by Gasteiger charge is -2.02. The number of hydrogen-bond donors (Lipinski definition) is 2. The molecule has 1 aliphatic rings. The van der Waals surface area contributed by atoms with Crippen molar-refractivity contribution in [1.82, 2.24) is 9.66 Å². The average molecular weight is 246 g/mol. The maximum Gasteiger partial charge on any atom is 0.150 e. The summed E-state index contributed by atoms with van der Waals surface area (Å²) < 4.78 is 15.0. The van der Waals surface area contributed by atoms with E-state index in [1.54, 1.807) is 13.0 Å². The lowest BCUT2D eigenvalue weighted by atomic mass is 10.1. The first-order valence-electron chi connectivity index (χ1n) is 5.97. The highest BCUT2D eigenvalue weighted by molar-refractivity contribution is 5.71. The monoisotopic (exact) mass is 246 g/mol. The van der Waals surface area contributed by atoms with Crippen molar-refractivity contribution in [1.29, 1.82) is 0 Å². The minimum atomic E-state index is -0.258. The Labute approximate surface area is 104 Å². The van der Waals surface area contributed by atoms with Crippen LogP contribution in [0.1, 0.15) is 30.1 Å². The molecule has 18 heavy (non-hydrogen) atoms. The van der Waals surface area contributed by atoms with Gasteiger partial charge in [0.2, 0.25) is 0 Å². The second-order valence-electron chi connectivity index (χ2n) is 4.81. The van der Waals surface area contributed by atoms with Gasteiger partial charge in [-0.3, -0.25) is 0 Å². The fourth-order valence-electron chi connectivity index (χ4n) is 2.05. The van der Waals surface area contributed by atoms with Gasteiger partial charge in [-0.15, -0.1) is 0 Å². The number of aryl methyl sites for hydroxylation is 1. The van der Waals surface area contributed by atoms with E-state index in [-0.39, 0.29) is 5.82 Å². The van der Waals surface area contributed by atoms with Gasteiger partial charge < -0.3 is 11.6 Å². The molecule has 1 aromatic carbocycles. The summed E-state index contributed by atoms with van der Waals surface area (Å²) in [6.07, 6.45) is 2.19. The smallest absolute Gasteiger partial charge is 0.150 e. The molecule has 0 saturated heterocycles. The van der Waals surface area contributed by atoms with E-state index in [9.17, 15) is 4.39 Å². The number of aromatic nitrogens is 2. The molecular weight excluding hydrogens is 231 g/mol. The lowest BCUT2D eigenvalue weighted by molar-refractivity contribution is 0.619. The van der Waals surface area contributed by atoms with Crippen LogP contribution < -0.4 is 11.6 Å². The molecule has 0 bridgehead atoms. The third kappa shape index (κ3) is 1.63. The van der Waals surface area contributed by atoms with E-state index in [1.165, 1.54) is 10.7 Å². The van der Waals surface area contributed by atoms with Crippen molar-refractivity contribution in [2.45, 2.75) is 25.7 Å². The molecule has 2 aromatic rings. The average Bonchev–Trinajstić information content (AvgIpc) is 3.13. The molecule has 1 fully saturated rings. The first-order chi connectivity index (χ1) is 8.58. The second-order valence-corrected chi connectivity index (χ2v) is 4.81. The summed E-state index contributed by atoms with van der Waals surface area (Å²) in [5.74, 6) is 7.22. The quantitative estimate of drug-likeness (QED) is 0.798. The zero-order chi connectivity index (χ0) is 12.9. The molecule has 0 unspecified atom stereocenters. The molecule has 1 heterocycles. The summed E-state index contributed by atoms with van der Waals surface area (Å²) in [5.41, 5.74) is 7.78. The summed E-state index contributed by atoms with van der Waals surface area (Å²) in [4.78, 5) is 4.46. The van der Waals surface area contributed by atoms with Crippen molar-refractivity contribution in [3.8, 4) is 11.3 Å². The highest BCUT2D eigenvalue weighted by Crippen LogP contribution is 2.41. The van der Waals surface area contributed by atoms with E-state index >= 15 is 0 Å². The molecule has 94 valence electrons. The molecule has 0 atom stereocenters. The maximum atomic E-state index is 13.6. The van der Waals surface area contributed by atoms with Crippen LogP contribution in [0.3, 0.4) is 0 Å². The number of imidazole rings is 1. The van der Waals surface area contributed by atoms with E-state index in [0.717, 1.165) is 18.7 Å². The summed E-state index contributed by atoms with van der Waals surface area (Å²) in [5, 5.41) is 0. The molecule has 3 rings (SSSR count). The largest absolute Gasteiger partial charge is 0.382 e. The maximum absolute atomic E-state index is 13.6. The van der Waals surface area contributed by atoms with Gasteiger partial charge in [-0.25, -0.2) is 14.1 Å². The standard InChI is InChI=1S/C13H15FN4/c1-7-2-3-9(6-10(7)14)11-12(15)18(16)13(17-11)8-4-5-8/h2-3,6,8H,4-5,15-16H2,1H3. The topological polar surface area (TPSA) is 69.9 Å². The summed E-state index contributed by atoms with van der Waals surface area (Å²) in [6, 6.07) is 4.98. The number of hydrogen-bond acceptors (Lipinski definition) is 3. The number of nitrogens with zero attached hydrogens (tertiary/aromatic N) is 2. The Hall–Kier alpha value is -2.04. The van der Waals surface area contributed by atoms with Crippen molar-refractivity contribution in [3.05, 3.63) is 35.4 Å². The Morgan fingerprint density at radius 2 is 2.11 bits per heavy atom. The van der Waals surface area contributed by atoms with Gasteiger partial charge in [-0.1, -0.05) is 12.1 Å². The van der Waals surface area contributed by atoms with Gasteiger partial charge in [0.15, 0.2) is 5.82 Å². The van der Waals surface area contributed by atoms with Gasteiger partial charge in [0.05, 0.1) is 0 Å². The summed E-state index contributed by atoms with van der Waals surface area (Å²) in [6.45, 7) is 1.72. The van der Waals surface area contributed by atoms with E-state index in [4.69, 9.17) is 11.6 Å². The normalized spacial score (nSPS) is 15.0. The van der Waals surface area contributed by atoms with Crippen LogP contribution >= 0.6 is 0 Å². The van der Waals surface area contributed by atoms with Crippen LogP contribution in [-0.4, -0.2) is 9.66 Å². The van der Waals surface area contributed by atoms with Crippen molar-refractivity contribution < 1.29 is 4.39 Å². The molecule has 0 amide bonds. The highest BCUT2D eigenvalue weighted by atomic mass is 19.1. The van der Waals surface area contributed by atoms with Crippen LogP contribution in [0.2, 0.25) is 0 Å². The minimum absolute atomic E-state index is 0.258. The van der Waals surface area contributed by atoms with Gasteiger partial charge in [-0.05, 0) is 31.4 Å². The predicted molar refractivity (Wildman–Crippen MR) is 68.9 cm³/mol. The van der Waals surface area contributed by atoms with Gasteiger partial charge >= 0.3 is 0 Å². The molecule has 5 heteroatoms. The molecule has 4 N–H and O–H groups in total. The Kier molecular flexibility index (Phi) is 2.29. The second kappa shape index (κ2) is 3.73. The zero-order valence-electron chi connectivity index (χ0n) is 10.2. The Morgan fingerprint density at radius 3 is 2.72 bits per heavy atom. The lowest BCUT2D eigenvalue weighted by Crippen LogP contribution is -2.14. The van der Waals surface area contributed by atoms with Crippen molar-refractivity contribution in [3.63, 3.8) is 0 Å². The van der Waals surface area contributed by atoms with Crippen molar-refractivity contribution in [2.24, 2.45) is 0 Å². The number of nitrogen functional groups attached to an aromatic ring is 2. The van der Waals surface area contributed by atoms with Crippen LogP contribution in [0, 0.1) is 12.7 Å². The van der Waals surface area contributed by atoms with E-state index < -0.39 is 0 Å². The van der Waals surface area contributed by atoms with Crippen LogP contribution in [0.15, 0.2) is 18.2 Å². The minimum Gasteiger partial charge on any atom is -0.382 e. The van der Waals surface area contributed by atoms with Crippen LogP contribution in [0.25, 0.3) is 11.3 Å². The number of halogens is 1. The Morgan fingerprint density at radius 1 is 1.39 bits per heavy atom. The van der Waals surface area contributed by atoms with Crippen molar-refractivity contribution in [2.75, 3.05) is 11.6 Å². The molecule has 1 saturated carbocycles. The van der Waals surface area contributed by atoms with Crippen molar-refractivity contribution >= 4 is 5.82 Å². The zero-order valence-corrected chi connectivity index (χ0v) is 10.2. The van der Waals surface area contributed by atoms with E-state index in [0.29, 0.717) is 28.6 Å². The van der Waals surface area contributed by atoms with Crippen LogP contribution in [0.4, 0.5) is 10.2 Å². The molecule has 0 aliphatic heterocycles. The number of benzene rings is 1. The van der Waals surface area contributed by atoms with E-state index in [1.807, 2.05) is 6.07 Å². The number of nitrogens with two attached hydrogens (primary N) is 2. The highest BCUT2D eigenvalue weighted by Gasteiger charge is 2.30. The number of rotatable bonds is 2. The molecular formula is C13H15FN4. The van der Waals surface area contributed by atoms with Crippen LogP contribution in [0.5, 0.6) is 0 Å². The Bertz CT molecular complexity index is 614.